The van der Waals surface area contributed by atoms with Gasteiger partial charge in [-0.2, -0.15) is 13.8 Å². The number of halogens is 2. The predicted molar refractivity (Wildman–Crippen MR) is 112 cm³/mol. The second-order valence-corrected chi connectivity index (χ2v) is 8.39. The molecule has 2 aromatic carbocycles. The van der Waals surface area contributed by atoms with E-state index in [1.165, 1.54) is 42.6 Å². The van der Waals surface area contributed by atoms with Crippen LogP contribution >= 0.6 is 0 Å². The van der Waals surface area contributed by atoms with Crippen molar-refractivity contribution in [1.82, 2.24) is 9.97 Å². The normalized spacial score (nSPS) is 14.7. The van der Waals surface area contributed by atoms with Gasteiger partial charge in [0.25, 0.3) is 0 Å². The van der Waals surface area contributed by atoms with Gasteiger partial charge in [-0.05, 0) is 43.3 Å². The lowest BCUT2D eigenvalue weighted by molar-refractivity contribution is -0.189. The number of carbonyl (C=O) groups excluding carboxylic acids is 1. The van der Waals surface area contributed by atoms with E-state index < -0.39 is 22.0 Å². The molecule has 32 heavy (non-hydrogen) atoms. The van der Waals surface area contributed by atoms with E-state index in [-0.39, 0.29) is 22.3 Å². The van der Waals surface area contributed by atoms with E-state index in [1.54, 1.807) is 13.0 Å². The second-order valence-electron chi connectivity index (χ2n) is 6.83. The Kier molecular flexibility index (Phi) is 5.14. The molecule has 13 heteroatoms. The molecule has 0 saturated carbocycles. The number of rotatable bonds is 5. The molecule has 1 aliphatic heterocycles. The van der Waals surface area contributed by atoms with E-state index in [0.717, 1.165) is 0 Å². The molecule has 3 aromatic rings. The Bertz CT molecular complexity index is 1330. The zero-order chi connectivity index (χ0) is 23.1. The molecular formula is C19H16F2N6O4S. The van der Waals surface area contributed by atoms with Crippen molar-refractivity contribution in [2.75, 3.05) is 16.0 Å². The number of aryl methyl sites for hydroxylation is 1. The third kappa shape index (κ3) is 4.43. The number of nitrogens with zero attached hydrogens (tertiary/aromatic N) is 2. The lowest BCUT2D eigenvalue weighted by Crippen LogP contribution is -2.43. The number of sulfonamides is 1. The highest BCUT2D eigenvalue weighted by Crippen LogP contribution is 2.37. The number of nitrogens with two attached hydrogens (primary N) is 1. The van der Waals surface area contributed by atoms with Gasteiger partial charge in [0.15, 0.2) is 5.75 Å². The van der Waals surface area contributed by atoms with Crippen molar-refractivity contribution in [2.24, 2.45) is 5.14 Å². The standard InChI is InChI=1S/C19H16F2N6O4S/c1-10-9-23-18(25-11-3-2-4-13(7-11)32(22,29)30)27-16(10)24-12-5-6-15-14(8-12)26-17(28)19(20,21)31-15/h2-9H,1H3,(H,26,28)(H2,22,29,30)(H2,23,24,25,27). The highest BCUT2D eigenvalue weighted by molar-refractivity contribution is 7.89. The van der Waals surface area contributed by atoms with Gasteiger partial charge in [0.05, 0.1) is 10.6 Å². The minimum atomic E-state index is -3.94. The molecule has 0 spiro atoms. The highest BCUT2D eigenvalue weighted by Gasteiger charge is 2.46. The molecule has 5 N–H and O–H groups in total. The topological polar surface area (TPSA) is 148 Å². The van der Waals surface area contributed by atoms with Crippen molar-refractivity contribution < 1.29 is 26.7 Å². The Morgan fingerprint density at radius 1 is 1.12 bits per heavy atom. The van der Waals surface area contributed by atoms with Crippen molar-refractivity contribution >= 4 is 44.8 Å². The van der Waals surface area contributed by atoms with Gasteiger partial charge in [-0.1, -0.05) is 6.07 Å². The number of primary sulfonamides is 1. The number of aromatic nitrogens is 2. The zero-order valence-corrected chi connectivity index (χ0v) is 17.2. The summed E-state index contributed by atoms with van der Waals surface area (Å²) < 4.78 is 54.2. The third-order valence-corrected chi connectivity index (χ3v) is 5.29. The first-order chi connectivity index (χ1) is 15.0. The van der Waals surface area contributed by atoms with Crippen LogP contribution < -0.4 is 25.8 Å². The number of ether oxygens (including phenoxy) is 1. The molecule has 0 radical (unpaired) electrons. The second kappa shape index (κ2) is 7.69. The lowest BCUT2D eigenvalue weighted by Gasteiger charge is -2.25. The molecule has 0 saturated heterocycles. The van der Waals surface area contributed by atoms with E-state index in [0.29, 0.717) is 22.8 Å². The van der Waals surface area contributed by atoms with Crippen LogP contribution in [0.25, 0.3) is 0 Å². The lowest BCUT2D eigenvalue weighted by atomic mass is 10.2. The van der Waals surface area contributed by atoms with E-state index in [1.807, 2.05) is 0 Å². The van der Waals surface area contributed by atoms with Gasteiger partial charge < -0.3 is 20.7 Å². The van der Waals surface area contributed by atoms with Crippen LogP contribution in [0, 0.1) is 6.92 Å². The minimum absolute atomic E-state index is 0.0723. The van der Waals surface area contributed by atoms with Crippen molar-refractivity contribution in [3.05, 3.63) is 54.2 Å². The molecular weight excluding hydrogens is 446 g/mol. The number of hydrogen-bond acceptors (Lipinski definition) is 8. The maximum atomic E-state index is 13.4. The molecule has 0 fully saturated rings. The number of hydrogen-bond donors (Lipinski definition) is 4. The first-order valence-corrected chi connectivity index (χ1v) is 10.6. The van der Waals surface area contributed by atoms with E-state index in [4.69, 9.17) is 5.14 Å². The summed E-state index contributed by atoms with van der Waals surface area (Å²) in [6.07, 6.45) is -2.41. The van der Waals surface area contributed by atoms with Gasteiger partial charge in [0.1, 0.15) is 5.82 Å². The number of anilines is 5. The van der Waals surface area contributed by atoms with Crippen LogP contribution in [0.2, 0.25) is 0 Å². The van der Waals surface area contributed by atoms with Crippen LogP contribution in [0.3, 0.4) is 0 Å². The molecule has 2 heterocycles. The molecule has 0 aliphatic carbocycles. The van der Waals surface area contributed by atoms with Crippen LogP contribution in [0.1, 0.15) is 5.56 Å². The molecule has 0 unspecified atom stereocenters. The van der Waals surface area contributed by atoms with Gasteiger partial charge >= 0.3 is 12.0 Å². The summed E-state index contributed by atoms with van der Waals surface area (Å²) in [5.74, 6) is -1.18. The summed E-state index contributed by atoms with van der Waals surface area (Å²) in [4.78, 5) is 19.9. The molecule has 10 nitrogen and oxygen atoms in total. The maximum absolute atomic E-state index is 13.4. The number of carbonyl (C=O) groups is 1. The van der Waals surface area contributed by atoms with Gasteiger partial charge in [-0.25, -0.2) is 18.5 Å². The average molecular weight is 462 g/mol. The summed E-state index contributed by atoms with van der Waals surface area (Å²) in [6.45, 7) is 1.75. The predicted octanol–water partition coefficient (Wildman–Crippen LogP) is 2.84. The average Bonchev–Trinajstić information content (AvgIpc) is 2.71. The highest BCUT2D eigenvalue weighted by atomic mass is 32.2. The van der Waals surface area contributed by atoms with Crippen molar-refractivity contribution in [3.63, 3.8) is 0 Å². The Morgan fingerprint density at radius 3 is 2.62 bits per heavy atom. The molecule has 0 atom stereocenters. The van der Waals surface area contributed by atoms with E-state index >= 15 is 0 Å². The Balaban J connectivity index is 1.57. The zero-order valence-electron chi connectivity index (χ0n) is 16.4. The summed E-state index contributed by atoms with van der Waals surface area (Å²) in [5.41, 5.74) is 1.59. The smallest absolute Gasteiger partial charge is 0.423 e. The molecule has 4 rings (SSSR count). The summed E-state index contributed by atoms with van der Waals surface area (Å²) in [6, 6.07) is 10.0. The van der Waals surface area contributed by atoms with Gasteiger partial charge in [0, 0.05) is 23.1 Å². The SMILES string of the molecule is Cc1cnc(Nc2cccc(S(N)(=O)=O)c2)nc1Nc1ccc2c(c1)NC(=O)C(F)(F)O2. The summed E-state index contributed by atoms with van der Waals surface area (Å²) in [5, 5.41) is 13.2. The van der Waals surface area contributed by atoms with Crippen LogP contribution in [-0.2, 0) is 14.8 Å². The Hall–Kier alpha value is -3.84. The number of benzene rings is 2. The van der Waals surface area contributed by atoms with E-state index in [2.05, 4.69) is 30.7 Å². The third-order valence-electron chi connectivity index (χ3n) is 4.38. The van der Waals surface area contributed by atoms with Crippen LogP contribution in [0.15, 0.2) is 53.6 Å². The molecule has 0 bridgehead atoms. The quantitative estimate of drug-likeness (QED) is 0.452. The summed E-state index contributed by atoms with van der Waals surface area (Å²) in [7, 11) is -3.87. The molecule has 1 amide bonds. The number of alkyl halides is 2. The largest absolute Gasteiger partial charge is 0.482 e. The van der Waals surface area contributed by atoms with Crippen LogP contribution in [0.5, 0.6) is 5.75 Å². The van der Waals surface area contributed by atoms with Crippen LogP contribution in [-0.4, -0.2) is 30.4 Å². The van der Waals surface area contributed by atoms with E-state index in [9.17, 15) is 22.0 Å². The van der Waals surface area contributed by atoms with Gasteiger partial charge in [0.2, 0.25) is 16.0 Å². The number of nitrogens with one attached hydrogen (secondary N) is 3. The maximum Gasteiger partial charge on any atom is 0.482 e. The van der Waals surface area contributed by atoms with Crippen LogP contribution in [0.4, 0.5) is 37.6 Å². The van der Waals surface area contributed by atoms with Crippen molar-refractivity contribution in [2.45, 2.75) is 17.9 Å². The fourth-order valence-corrected chi connectivity index (χ4v) is 3.38. The minimum Gasteiger partial charge on any atom is -0.423 e. The van der Waals surface area contributed by atoms with Crippen molar-refractivity contribution in [3.8, 4) is 5.75 Å². The molecule has 1 aromatic heterocycles. The first kappa shape index (κ1) is 21.4. The fourth-order valence-electron chi connectivity index (χ4n) is 2.82. The summed E-state index contributed by atoms with van der Waals surface area (Å²) >= 11 is 0. The van der Waals surface area contributed by atoms with Crippen molar-refractivity contribution in [1.29, 1.82) is 0 Å². The Morgan fingerprint density at radius 2 is 1.88 bits per heavy atom. The Labute approximate surface area is 180 Å². The monoisotopic (exact) mass is 462 g/mol. The van der Waals surface area contributed by atoms with Gasteiger partial charge in [-0.3, -0.25) is 4.79 Å². The number of amides is 1. The molecule has 166 valence electrons. The van der Waals surface area contributed by atoms with Gasteiger partial charge in [-0.15, -0.1) is 0 Å². The first-order valence-electron chi connectivity index (χ1n) is 9.04. The fraction of sp³-hybridized carbons (Fsp3) is 0.105. The molecule has 1 aliphatic rings. The number of fused-ring (bicyclic) bond motifs is 1.